The van der Waals surface area contributed by atoms with E-state index in [1.807, 2.05) is 0 Å². The Kier molecular flexibility index (Phi) is 13.7. The number of carbonyl (C=O) groups excluding carboxylic acids is 1. The summed E-state index contributed by atoms with van der Waals surface area (Å²) in [5, 5.41) is 61.2. The molecule has 1 aliphatic carbocycles. The van der Waals surface area contributed by atoms with Gasteiger partial charge in [0.15, 0.2) is 12.6 Å². The fourth-order valence-corrected chi connectivity index (χ4v) is 5.83. The summed E-state index contributed by atoms with van der Waals surface area (Å²) in [5.41, 5.74) is 16.8. The number of hydrogen-bond donors (Lipinski definition) is 11. The summed E-state index contributed by atoms with van der Waals surface area (Å²) in [6.07, 6.45) is -6.79. The minimum Gasteiger partial charge on any atom is -0.395 e. The molecule has 2 aliphatic heterocycles. The van der Waals surface area contributed by atoms with E-state index in [0.29, 0.717) is 38.9 Å². The van der Waals surface area contributed by atoms with Gasteiger partial charge >= 0.3 is 0 Å². The van der Waals surface area contributed by atoms with Gasteiger partial charge in [-0.25, -0.2) is 0 Å². The molecule has 14 N–H and O–H groups in total. The van der Waals surface area contributed by atoms with Crippen LogP contribution in [0.1, 0.15) is 39.0 Å². The van der Waals surface area contributed by atoms with E-state index in [4.69, 9.17) is 41.3 Å². The molecule has 0 radical (unpaired) electrons. The molecular formula is C26H52N6O10. The normalized spacial score (nSPS) is 41.8. The van der Waals surface area contributed by atoms with Crippen LogP contribution in [0.5, 0.6) is 0 Å². The Balaban J connectivity index is 1.78. The van der Waals surface area contributed by atoms with Crippen molar-refractivity contribution in [1.29, 1.82) is 0 Å². The maximum absolute atomic E-state index is 12.8. The lowest BCUT2D eigenvalue weighted by Crippen LogP contribution is -2.69. The molecule has 0 unspecified atom stereocenters. The number of amides is 1. The van der Waals surface area contributed by atoms with E-state index in [1.54, 1.807) is 7.05 Å². The Morgan fingerprint density at radius 3 is 2.50 bits per heavy atom. The first-order chi connectivity index (χ1) is 19.9. The number of aliphatic hydroxyl groups is 5. The van der Waals surface area contributed by atoms with Gasteiger partial charge < -0.3 is 77.6 Å². The van der Waals surface area contributed by atoms with Crippen molar-refractivity contribution in [2.45, 2.75) is 118 Å². The van der Waals surface area contributed by atoms with Crippen molar-refractivity contribution < 1.29 is 49.3 Å². The molecule has 0 aromatic heterocycles. The van der Waals surface area contributed by atoms with Gasteiger partial charge in [0.25, 0.3) is 0 Å². The predicted octanol–water partition coefficient (Wildman–Crippen LogP) is -5.10. The Hall–Kier alpha value is -1.09. The van der Waals surface area contributed by atoms with Gasteiger partial charge in [-0.1, -0.05) is 0 Å². The van der Waals surface area contributed by atoms with Crippen LogP contribution < -0.4 is 33.2 Å². The summed E-state index contributed by atoms with van der Waals surface area (Å²) in [7, 11) is 1.58. The molecule has 2 saturated heterocycles. The van der Waals surface area contributed by atoms with E-state index in [0.717, 1.165) is 0 Å². The van der Waals surface area contributed by atoms with Gasteiger partial charge in [-0.2, -0.15) is 0 Å². The van der Waals surface area contributed by atoms with E-state index in [2.05, 4.69) is 16.0 Å². The molecule has 0 aromatic rings. The van der Waals surface area contributed by atoms with E-state index in [1.165, 1.54) is 6.92 Å². The van der Waals surface area contributed by atoms with Gasteiger partial charge in [-0.05, 0) is 52.6 Å². The molecule has 1 saturated carbocycles. The van der Waals surface area contributed by atoms with E-state index in [9.17, 15) is 25.2 Å². The van der Waals surface area contributed by atoms with Gasteiger partial charge in [0.2, 0.25) is 5.91 Å². The summed E-state index contributed by atoms with van der Waals surface area (Å²) >= 11 is 0. The lowest BCUT2D eigenvalue weighted by molar-refractivity contribution is -0.307. The number of likely N-dealkylation sites (N-methyl/N-ethyl adjacent to an activating group) is 1. The average molecular weight is 609 g/mol. The molecule has 16 nitrogen and oxygen atoms in total. The van der Waals surface area contributed by atoms with E-state index >= 15 is 0 Å². The molecule has 2 heterocycles. The van der Waals surface area contributed by atoms with Crippen LogP contribution in [0, 0.1) is 0 Å². The summed E-state index contributed by atoms with van der Waals surface area (Å²) in [6.45, 7) is 2.52. The van der Waals surface area contributed by atoms with Crippen LogP contribution in [0.15, 0.2) is 0 Å². The second-order valence-electron chi connectivity index (χ2n) is 11.7. The smallest absolute Gasteiger partial charge is 0.249 e. The summed E-state index contributed by atoms with van der Waals surface area (Å²) in [4.78, 5) is 12.8. The highest BCUT2D eigenvalue weighted by molar-refractivity contribution is 5.80. The number of rotatable bonds is 14. The second kappa shape index (κ2) is 16.3. The topological polar surface area (TPSA) is 269 Å². The minimum absolute atomic E-state index is 0.00949. The molecule has 16 heteroatoms. The van der Waals surface area contributed by atoms with Gasteiger partial charge in [0, 0.05) is 19.1 Å². The molecule has 0 spiro atoms. The van der Waals surface area contributed by atoms with Crippen LogP contribution in [0.3, 0.4) is 0 Å². The molecule has 3 rings (SSSR count). The fourth-order valence-electron chi connectivity index (χ4n) is 5.83. The fraction of sp³-hybridized carbons (Fsp3) is 0.962. The monoisotopic (exact) mass is 608 g/mol. The summed E-state index contributed by atoms with van der Waals surface area (Å²) < 4.78 is 24.0. The van der Waals surface area contributed by atoms with Crippen molar-refractivity contribution in [3.05, 3.63) is 0 Å². The van der Waals surface area contributed by atoms with Crippen molar-refractivity contribution in [2.75, 3.05) is 39.9 Å². The van der Waals surface area contributed by atoms with E-state index < -0.39 is 78.8 Å². The zero-order valence-corrected chi connectivity index (χ0v) is 24.5. The molecule has 3 fully saturated rings. The molecule has 246 valence electrons. The SMILES string of the molecule is CN[C@@H]1[C@@H](O)[C@@H](O[C@@H]2[C@H](O)[C@H](O[C@H]3O[C@H](CNCCO)CC[C@H]3N)[C@@H](N)C[C@H]2NC(=O)[C@@H](O)CCCN)OC[C@]1(C)O. The van der Waals surface area contributed by atoms with Crippen molar-refractivity contribution in [2.24, 2.45) is 17.2 Å². The Labute approximate surface area is 246 Å². The molecule has 0 aromatic carbocycles. The minimum atomic E-state index is -1.44. The standard InChI is InChI=1S/C26H52N6O10/c1-26(38)12-39-25(19(36)22(26)30-2)42-21-16(32-23(37)17(34)4-3-7-27)10-15(29)20(18(21)35)41-24-14(28)6-5-13(40-24)11-31-8-9-33/h13-22,24-25,30-31,33-36,38H,3-12,27-29H2,1-2H3,(H,32,37)/t13-,14+,15-,16+,17-,18+,19+,20+,21-,22+,24+,25+,26-/m0/s1. The lowest BCUT2D eigenvalue weighted by atomic mass is 9.83. The molecule has 0 bridgehead atoms. The maximum atomic E-state index is 12.8. The number of carbonyl (C=O) groups is 1. The van der Waals surface area contributed by atoms with Crippen LogP contribution in [0.25, 0.3) is 0 Å². The molecule has 1 amide bonds. The highest BCUT2D eigenvalue weighted by atomic mass is 16.7. The van der Waals surface area contributed by atoms with Gasteiger partial charge in [-0.3, -0.25) is 4.79 Å². The largest absolute Gasteiger partial charge is 0.395 e. The molecule has 13 atom stereocenters. The highest BCUT2D eigenvalue weighted by Gasteiger charge is 2.52. The van der Waals surface area contributed by atoms with Gasteiger partial charge in [0.1, 0.15) is 36.1 Å². The van der Waals surface area contributed by atoms with Crippen molar-refractivity contribution in [1.82, 2.24) is 16.0 Å². The first-order valence-corrected chi connectivity index (χ1v) is 14.8. The highest BCUT2D eigenvalue weighted by Crippen LogP contribution is 2.32. The average Bonchev–Trinajstić information content (AvgIpc) is 2.94. The second-order valence-corrected chi connectivity index (χ2v) is 11.7. The van der Waals surface area contributed by atoms with E-state index in [-0.39, 0.29) is 32.2 Å². The zero-order chi connectivity index (χ0) is 31.0. The Morgan fingerprint density at radius 2 is 1.83 bits per heavy atom. The first kappa shape index (κ1) is 35.4. The van der Waals surface area contributed by atoms with Crippen LogP contribution >= 0.6 is 0 Å². The molecular weight excluding hydrogens is 556 g/mol. The van der Waals surface area contributed by atoms with Crippen molar-refractivity contribution in [3.63, 3.8) is 0 Å². The quantitative estimate of drug-likeness (QED) is 0.0823. The third-order valence-electron chi connectivity index (χ3n) is 8.21. The zero-order valence-electron chi connectivity index (χ0n) is 24.5. The van der Waals surface area contributed by atoms with Crippen LogP contribution in [0.2, 0.25) is 0 Å². The lowest BCUT2D eigenvalue weighted by Gasteiger charge is -2.49. The number of aliphatic hydroxyl groups excluding tert-OH is 4. The van der Waals surface area contributed by atoms with Gasteiger partial charge in [0.05, 0.1) is 37.4 Å². The summed E-state index contributed by atoms with van der Waals surface area (Å²) in [5.74, 6) is -0.683. The predicted molar refractivity (Wildman–Crippen MR) is 150 cm³/mol. The number of nitrogens with two attached hydrogens (primary N) is 3. The van der Waals surface area contributed by atoms with Crippen LogP contribution in [-0.2, 0) is 23.7 Å². The van der Waals surface area contributed by atoms with Gasteiger partial charge in [-0.15, -0.1) is 0 Å². The van der Waals surface area contributed by atoms with Crippen LogP contribution in [0.4, 0.5) is 0 Å². The molecule has 3 aliphatic rings. The Morgan fingerprint density at radius 1 is 1.12 bits per heavy atom. The number of ether oxygens (including phenoxy) is 4. The maximum Gasteiger partial charge on any atom is 0.249 e. The molecule has 42 heavy (non-hydrogen) atoms. The number of hydrogen-bond acceptors (Lipinski definition) is 15. The van der Waals surface area contributed by atoms with Crippen molar-refractivity contribution in [3.8, 4) is 0 Å². The number of nitrogens with one attached hydrogen (secondary N) is 3. The summed E-state index contributed by atoms with van der Waals surface area (Å²) in [6, 6.07) is -2.99. The third kappa shape index (κ3) is 8.98. The van der Waals surface area contributed by atoms with Crippen molar-refractivity contribution >= 4 is 5.91 Å². The third-order valence-corrected chi connectivity index (χ3v) is 8.21. The first-order valence-electron chi connectivity index (χ1n) is 14.8. The van der Waals surface area contributed by atoms with Crippen LogP contribution in [-0.4, -0.2) is 150 Å². The Bertz CT molecular complexity index is 830.